The van der Waals surface area contributed by atoms with Crippen LogP contribution >= 0.6 is 43.6 Å². The first-order valence-electron chi connectivity index (χ1n) is 4.40. The van der Waals surface area contributed by atoms with Crippen molar-refractivity contribution in [3.8, 4) is 0 Å². The van der Waals surface area contributed by atoms with Gasteiger partial charge >= 0.3 is 0 Å². The number of nitrogens with zero attached hydrogens (tertiary/aromatic N) is 2. The number of anilines is 1. The third kappa shape index (κ3) is 3.30. The van der Waals surface area contributed by atoms with Crippen molar-refractivity contribution < 1.29 is 0 Å². The third-order valence-corrected chi connectivity index (χ3v) is 3.91. The van der Waals surface area contributed by atoms with E-state index in [9.17, 15) is 4.79 Å². The summed E-state index contributed by atoms with van der Waals surface area (Å²) in [7, 11) is 0. The molecule has 2 rings (SSSR count). The van der Waals surface area contributed by atoms with Gasteiger partial charge in [0.15, 0.2) is 5.16 Å². The third-order valence-electron chi connectivity index (χ3n) is 1.71. The molecule has 0 atom stereocenters. The number of pyridine rings is 1. The molecule has 0 amide bonds. The van der Waals surface area contributed by atoms with Crippen LogP contribution in [0.4, 0.5) is 5.82 Å². The Morgan fingerprint density at radius 1 is 1.35 bits per heavy atom. The summed E-state index contributed by atoms with van der Waals surface area (Å²) in [5.74, 6) is 0.185. The molecule has 2 aromatic rings. The van der Waals surface area contributed by atoms with Crippen molar-refractivity contribution in [1.29, 1.82) is 0 Å². The molecular formula is C9H6Br2N4OS. The first kappa shape index (κ1) is 12.6. The molecule has 88 valence electrons. The zero-order valence-electron chi connectivity index (χ0n) is 8.28. The van der Waals surface area contributed by atoms with E-state index in [1.54, 1.807) is 6.20 Å². The topological polar surface area (TPSA) is 84.7 Å². The highest BCUT2D eigenvalue weighted by Gasteiger charge is 2.07. The van der Waals surface area contributed by atoms with E-state index < -0.39 is 0 Å². The maximum absolute atomic E-state index is 11.2. The molecule has 0 saturated carbocycles. The molecule has 3 N–H and O–H groups in total. The van der Waals surface area contributed by atoms with Crippen LogP contribution in [0.25, 0.3) is 0 Å². The summed E-state index contributed by atoms with van der Waals surface area (Å²) in [4.78, 5) is 22.0. The molecule has 0 aromatic carbocycles. The molecule has 0 aliphatic carbocycles. The second-order valence-electron chi connectivity index (χ2n) is 3.02. The summed E-state index contributed by atoms with van der Waals surface area (Å²) in [5, 5.41) is 1.10. The van der Waals surface area contributed by atoms with E-state index >= 15 is 0 Å². The summed E-state index contributed by atoms with van der Waals surface area (Å²) in [6, 6.07) is 3.09. The zero-order chi connectivity index (χ0) is 12.4. The number of rotatable bonds is 2. The molecule has 0 spiro atoms. The van der Waals surface area contributed by atoms with Crippen LogP contribution in [0.5, 0.6) is 0 Å². The number of halogens is 2. The van der Waals surface area contributed by atoms with Gasteiger partial charge in [-0.1, -0.05) is 0 Å². The lowest BCUT2D eigenvalue weighted by Gasteiger charge is -2.03. The van der Waals surface area contributed by atoms with Gasteiger partial charge in [-0.25, -0.2) is 9.97 Å². The van der Waals surface area contributed by atoms with E-state index in [-0.39, 0.29) is 11.4 Å². The van der Waals surface area contributed by atoms with Gasteiger partial charge in [-0.05, 0) is 49.7 Å². The van der Waals surface area contributed by atoms with Crippen molar-refractivity contribution in [2.75, 3.05) is 5.73 Å². The molecule has 0 bridgehead atoms. The van der Waals surface area contributed by atoms with E-state index in [0.717, 1.165) is 8.95 Å². The number of H-pyrrole nitrogens is 1. The van der Waals surface area contributed by atoms with Crippen molar-refractivity contribution in [3.05, 3.63) is 37.6 Å². The van der Waals surface area contributed by atoms with Gasteiger partial charge < -0.3 is 10.7 Å². The van der Waals surface area contributed by atoms with Gasteiger partial charge in [0.1, 0.15) is 10.8 Å². The van der Waals surface area contributed by atoms with E-state index in [4.69, 9.17) is 5.73 Å². The van der Waals surface area contributed by atoms with Crippen molar-refractivity contribution >= 4 is 49.4 Å². The van der Waals surface area contributed by atoms with Crippen LogP contribution in [0.15, 0.2) is 42.3 Å². The predicted octanol–water partition coefficient (Wildman–Crippen LogP) is 2.42. The van der Waals surface area contributed by atoms with Crippen LogP contribution in [0.2, 0.25) is 0 Å². The van der Waals surface area contributed by atoms with E-state index in [0.29, 0.717) is 10.2 Å². The molecule has 17 heavy (non-hydrogen) atoms. The standard InChI is InChI=1S/C9H6Br2N4OS/c10-4-1-5(11)8(13-3-4)17-9-14-6(12)2-7(16)15-9/h1-3H,(H3,12,14,15,16). The second-order valence-corrected chi connectivity index (χ2v) is 5.77. The molecule has 2 heterocycles. The first-order chi connectivity index (χ1) is 8.04. The van der Waals surface area contributed by atoms with Crippen LogP contribution in [0, 0.1) is 0 Å². The number of nitrogen functional groups attached to an aromatic ring is 1. The SMILES string of the molecule is Nc1cc(=O)[nH]c(Sc2ncc(Br)cc2Br)n1. The Balaban J connectivity index is 2.34. The molecule has 8 heteroatoms. The zero-order valence-corrected chi connectivity index (χ0v) is 12.3. The summed E-state index contributed by atoms with van der Waals surface area (Å²) in [5.41, 5.74) is 5.21. The maximum atomic E-state index is 11.2. The monoisotopic (exact) mass is 376 g/mol. The highest BCUT2D eigenvalue weighted by molar-refractivity contribution is 9.11. The molecule has 2 aromatic heterocycles. The maximum Gasteiger partial charge on any atom is 0.253 e. The number of aromatic nitrogens is 3. The Kier molecular flexibility index (Phi) is 3.85. The number of hydrogen-bond acceptors (Lipinski definition) is 5. The molecule has 0 saturated heterocycles. The van der Waals surface area contributed by atoms with Gasteiger partial charge in [0, 0.05) is 16.7 Å². The van der Waals surface area contributed by atoms with Crippen molar-refractivity contribution in [2.24, 2.45) is 0 Å². The number of aromatic amines is 1. The Bertz CT molecular complexity index is 616. The number of nitrogens with one attached hydrogen (secondary N) is 1. The average Bonchev–Trinajstić information content (AvgIpc) is 2.21. The lowest BCUT2D eigenvalue weighted by atomic mass is 10.5. The minimum atomic E-state index is -0.284. The number of nitrogens with two attached hydrogens (primary N) is 1. The molecule has 5 nitrogen and oxygen atoms in total. The molecule has 0 aliphatic heterocycles. The highest BCUT2D eigenvalue weighted by Crippen LogP contribution is 2.30. The molecule has 0 aliphatic rings. The van der Waals surface area contributed by atoms with Gasteiger partial charge in [-0.2, -0.15) is 0 Å². The highest BCUT2D eigenvalue weighted by atomic mass is 79.9. The van der Waals surface area contributed by atoms with Gasteiger partial charge in [0.05, 0.1) is 4.47 Å². The Morgan fingerprint density at radius 2 is 2.12 bits per heavy atom. The second kappa shape index (κ2) is 5.19. The fourth-order valence-electron chi connectivity index (χ4n) is 1.07. The Labute approximate surface area is 118 Å². The van der Waals surface area contributed by atoms with E-state index in [1.165, 1.54) is 17.8 Å². The van der Waals surface area contributed by atoms with Crippen LogP contribution in [0.3, 0.4) is 0 Å². The van der Waals surface area contributed by atoms with E-state index in [1.807, 2.05) is 6.07 Å². The predicted molar refractivity (Wildman–Crippen MR) is 73.0 cm³/mol. The molecule has 0 fully saturated rings. The normalized spacial score (nSPS) is 10.5. The van der Waals surface area contributed by atoms with E-state index in [2.05, 4.69) is 46.8 Å². The van der Waals surface area contributed by atoms with Crippen molar-refractivity contribution in [2.45, 2.75) is 10.2 Å². The Hall–Kier alpha value is -0.860. The molecule has 0 unspecified atom stereocenters. The van der Waals surface area contributed by atoms with Crippen molar-refractivity contribution in [3.63, 3.8) is 0 Å². The summed E-state index contributed by atoms with van der Waals surface area (Å²) < 4.78 is 1.67. The van der Waals surface area contributed by atoms with Gasteiger partial charge in [0.2, 0.25) is 0 Å². The smallest absolute Gasteiger partial charge is 0.253 e. The minimum absolute atomic E-state index is 0.185. The van der Waals surface area contributed by atoms with Crippen LogP contribution in [-0.4, -0.2) is 15.0 Å². The molecule has 0 radical (unpaired) electrons. The largest absolute Gasteiger partial charge is 0.383 e. The summed E-state index contributed by atoms with van der Waals surface area (Å²) >= 11 is 7.91. The number of hydrogen-bond donors (Lipinski definition) is 2. The molecular weight excluding hydrogens is 372 g/mol. The minimum Gasteiger partial charge on any atom is -0.383 e. The first-order valence-corrected chi connectivity index (χ1v) is 6.80. The average molecular weight is 378 g/mol. The van der Waals surface area contributed by atoms with Crippen LogP contribution < -0.4 is 11.3 Å². The van der Waals surface area contributed by atoms with Crippen LogP contribution in [0.1, 0.15) is 0 Å². The fourth-order valence-corrected chi connectivity index (χ4v) is 3.05. The van der Waals surface area contributed by atoms with Gasteiger partial charge in [-0.3, -0.25) is 4.79 Å². The quantitative estimate of drug-likeness (QED) is 0.785. The fraction of sp³-hybridized carbons (Fsp3) is 0. The van der Waals surface area contributed by atoms with Gasteiger partial charge in [-0.15, -0.1) is 0 Å². The van der Waals surface area contributed by atoms with Gasteiger partial charge in [0.25, 0.3) is 5.56 Å². The van der Waals surface area contributed by atoms with Crippen molar-refractivity contribution in [1.82, 2.24) is 15.0 Å². The summed E-state index contributed by atoms with van der Waals surface area (Å²) in [6.45, 7) is 0. The lowest BCUT2D eigenvalue weighted by Crippen LogP contribution is -2.09. The van der Waals surface area contributed by atoms with Crippen LogP contribution in [-0.2, 0) is 0 Å². The Morgan fingerprint density at radius 3 is 2.76 bits per heavy atom. The summed E-state index contributed by atoms with van der Waals surface area (Å²) in [6.07, 6.45) is 1.66. The lowest BCUT2D eigenvalue weighted by molar-refractivity contribution is 0.938.